The lowest BCUT2D eigenvalue weighted by atomic mass is 10.1. The molecular weight excluding hydrogens is 400 g/mol. The Balaban J connectivity index is 1.46. The number of hydrogen-bond acceptors (Lipinski definition) is 6. The van der Waals surface area contributed by atoms with E-state index in [0.29, 0.717) is 28.8 Å². The van der Waals surface area contributed by atoms with Crippen molar-refractivity contribution >= 4 is 28.6 Å². The zero-order valence-electron chi connectivity index (χ0n) is 16.3. The Morgan fingerprint density at radius 3 is 2.67 bits per heavy atom. The van der Waals surface area contributed by atoms with Crippen molar-refractivity contribution in [3.8, 4) is 0 Å². The van der Waals surface area contributed by atoms with E-state index in [1.807, 2.05) is 37.3 Å². The van der Waals surface area contributed by atoms with Crippen LogP contribution in [-0.4, -0.2) is 42.5 Å². The molecule has 0 radical (unpaired) electrons. The highest BCUT2D eigenvalue weighted by atomic mass is 32.2. The zero-order valence-corrected chi connectivity index (χ0v) is 17.1. The zero-order chi connectivity index (χ0) is 20.9. The van der Waals surface area contributed by atoms with Crippen LogP contribution < -0.4 is 5.56 Å². The lowest BCUT2D eigenvalue weighted by molar-refractivity contribution is 0.0748. The number of rotatable bonds is 7. The molecule has 0 spiro atoms. The predicted molar refractivity (Wildman–Crippen MR) is 115 cm³/mol. The molecule has 9 heteroatoms. The van der Waals surface area contributed by atoms with Gasteiger partial charge in [0.25, 0.3) is 11.5 Å². The maximum absolute atomic E-state index is 13.0. The Kier molecular flexibility index (Phi) is 5.89. The summed E-state index contributed by atoms with van der Waals surface area (Å²) >= 11 is 1.54. The first-order valence-electron chi connectivity index (χ1n) is 9.48. The highest BCUT2D eigenvalue weighted by Gasteiger charge is 2.16. The van der Waals surface area contributed by atoms with E-state index >= 15 is 0 Å². The number of nitrogens with zero attached hydrogens (tertiary/aromatic N) is 4. The van der Waals surface area contributed by atoms with Crippen molar-refractivity contribution in [3.05, 3.63) is 82.2 Å². The van der Waals surface area contributed by atoms with Gasteiger partial charge in [0.05, 0.1) is 17.4 Å². The molecule has 4 aromatic rings. The van der Waals surface area contributed by atoms with Gasteiger partial charge < -0.3 is 9.88 Å². The van der Waals surface area contributed by atoms with E-state index in [1.165, 1.54) is 6.33 Å². The van der Waals surface area contributed by atoms with Crippen LogP contribution in [-0.2, 0) is 12.3 Å². The quantitative estimate of drug-likeness (QED) is 0.445. The normalized spacial score (nSPS) is 11.0. The minimum atomic E-state index is -0.201. The molecule has 0 bridgehead atoms. The fraction of sp³-hybridized carbons (Fsp3) is 0.190. The maximum atomic E-state index is 13.0. The number of carbonyl (C=O) groups excluding carboxylic acids is 1. The summed E-state index contributed by atoms with van der Waals surface area (Å²) in [6.45, 7) is 2.64. The molecule has 0 aliphatic carbocycles. The average Bonchev–Trinajstić information content (AvgIpc) is 3.30. The smallest absolute Gasteiger partial charge is 0.258 e. The number of benzene rings is 2. The third-order valence-corrected chi connectivity index (χ3v) is 5.59. The van der Waals surface area contributed by atoms with Crippen LogP contribution in [0.25, 0.3) is 10.9 Å². The van der Waals surface area contributed by atoms with Gasteiger partial charge in [-0.15, -0.1) is 0 Å². The molecule has 1 amide bonds. The summed E-state index contributed by atoms with van der Waals surface area (Å²) in [5.41, 5.74) is 2.09. The molecule has 30 heavy (non-hydrogen) atoms. The number of carbonyl (C=O) groups is 1. The second-order valence-electron chi connectivity index (χ2n) is 6.63. The third-order valence-electron chi connectivity index (χ3n) is 4.64. The molecule has 0 aliphatic rings. The van der Waals surface area contributed by atoms with E-state index in [-0.39, 0.29) is 18.0 Å². The molecule has 2 aromatic heterocycles. The molecule has 2 N–H and O–H groups in total. The first-order chi connectivity index (χ1) is 14.6. The molecule has 4 rings (SSSR count). The highest BCUT2D eigenvalue weighted by molar-refractivity contribution is 7.98. The summed E-state index contributed by atoms with van der Waals surface area (Å²) in [4.78, 5) is 38.3. The Morgan fingerprint density at radius 1 is 1.13 bits per heavy atom. The van der Waals surface area contributed by atoms with E-state index < -0.39 is 0 Å². The molecule has 2 heterocycles. The van der Waals surface area contributed by atoms with Crippen LogP contribution in [0.15, 0.2) is 64.8 Å². The topological polar surface area (TPSA) is 108 Å². The number of amides is 1. The minimum Gasteiger partial charge on any atom is -0.331 e. The van der Waals surface area contributed by atoms with Crippen LogP contribution in [0.1, 0.15) is 28.7 Å². The number of hydrogen-bond donors (Lipinski definition) is 2. The predicted octanol–water partition coefficient (Wildman–Crippen LogP) is 3.00. The van der Waals surface area contributed by atoms with Gasteiger partial charge in [-0.1, -0.05) is 36.0 Å². The lowest BCUT2D eigenvalue weighted by Crippen LogP contribution is -2.32. The Labute approximate surface area is 176 Å². The number of H-pyrrole nitrogens is 2. The van der Waals surface area contributed by atoms with Crippen molar-refractivity contribution in [2.45, 2.75) is 24.4 Å². The van der Waals surface area contributed by atoms with Crippen molar-refractivity contribution in [2.24, 2.45) is 0 Å². The number of fused-ring (bicyclic) bond motifs is 1. The van der Waals surface area contributed by atoms with Crippen LogP contribution in [0, 0.1) is 0 Å². The summed E-state index contributed by atoms with van der Waals surface area (Å²) in [5, 5.41) is 7.92. The molecule has 2 aromatic carbocycles. The fourth-order valence-electron chi connectivity index (χ4n) is 3.06. The van der Waals surface area contributed by atoms with Gasteiger partial charge in [-0.3, -0.25) is 14.7 Å². The second-order valence-corrected chi connectivity index (χ2v) is 7.59. The summed E-state index contributed by atoms with van der Waals surface area (Å²) in [6.07, 6.45) is 1.47. The number of aromatic amines is 2. The fourth-order valence-corrected chi connectivity index (χ4v) is 3.79. The van der Waals surface area contributed by atoms with Crippen molar-refractivity contribution in [3.63, 3.8) is 0 Å². The van der Waals surface area contributed by atoms with Gasteiger partial charge in [0.15, 0.2) is 5.16 Å². The Morgan fingerprint density at radius 2 is 1.93 bits per heavy atom. The summed E-state index contributed by atoms with van der Waals surface area (Å²) in [7, 11) is 0. The maximum Gasteiger partial charge on any atom is 0.258 e. The molecule has 0 atom stereocenters. The summed E-state index contributed by atoms with van der Waals surface area (Å²) in [5.74, 6) is 1.08. The first kappa shape index (κ1) is 19.8. The SMILES string of the molecule is CCN(Cc1nc2ccccc2c(=O)[nH]1)C(=O)c1ccc(CSc2ncn[nH]2)cc1. The van der Waals surface area contributed by atoms with Crippen molar-refractivity contribution in [1.29, 1.82) is 0 Å². The van der Waals surface area contributed by atoms with Crippen molar-refractivity contribution in [1.82, 2.24) is 30.0 Å². The van der Waals surface area contributed by atoms with Crippen LogP contribution in [0.4, 0.5) is 0 Å². The number of nitrogens with one attached hydrogen (secondary N) is 2. The molecule has 0 fully saturated rings. The van der Waals surface area contributed by atoms with Gasteiger partial charge >= 0.3 is 0 Å². The van der Waals surface area contributed by atoms with Gasteiger partial charge in [0, 0.05) is 17.9 Å². The van der Waals surface area contributed by atoms with E-state index in [2.05, 4.69) is 25.1 Å². The van der Waals surface area contributed by atoms with Crippen molar-refractivity contribution < 1.29 is 4.79 Å². The third kappa shape index (κ3) is 4.41. The molecular formula is C21H20N6O2S. The highest BCUT2D eigenvalue weighted by Crippen LogP contribution is 2.19. The van der Waals surface area contributed by atoms with Gasteiger partial charge in [-0.25, -0.2) is 9.97 Å². The van der Waals surface area contributed by atoms with Gasteiger partial charge in [-0.2, -0.15) is 5.10 Å². The number of aromatic nitrogens is 5. The van der Waals surface area contributed by atoms with E-state index in [0.717, 1.165) is 16.5 Å². The van der Waals surface area contributed by atoms with E-state index in [9.17, 15) is 9.59 Å². The second kappa shape index (κ2) is 8.91. The number of thioether (sulfide) groups is 1. The van der Waals surface area contributed by atoms with Crippen molar-refractivity contribution in [2.75, 3.05) is 6.54 Å². The van der Waals surface area contributed by atoms with Gasteiger partial charge in [0.2, 0.25) is 0 Å². The summed E-state index contributed by atoms with van der Waals surface area (Å²) in [6, 6.07) is 14.7. The molecule has 0 saturated carbocycles. The minimum absolute atomic E-state index is 0.109. The standard InChI is InChI=1S/C21H20N6O2S/c1-2-27(11-18-24-17-6-4-3-5-16(17)19(28)25-18)20(29)15-9-7-14(8-10-15)12-30-21-22-13-23-26-21/h3-10,13H,2,11-12H2,1H3,(H,22,23,26)(H,24,25,28). The lowest BCUT2D eigenvalue weighted by Gasteiger charge is -2.20. The first-order valence-corrected chi connectivity index (χ1v) is 10.5. The largest absolute Gasteiger partial charge is 0.331 e. The molecule has 0 aliphatic heterocycles. The Hall–Kier alpha value is -3.46. The molecule has 0 saturated heterocycles. The molecule has 8 nitrogen and oxygen atoms in total. The summed E-state index contributed by atoms with van der Waals surface area (Å²) < 4.78 is 0. The average molecular weight is 420 g/mol. The van der Waals surface area contributed by atoms with Gasteiger partial charge in [-0.05, 0) is 36.8 Å². The van der Waals surface area contributed by atoms with Gasteiger partial charge in [0.1, 0.15) is 12.2 Å². The van der Waals surface area contributed by atoms with Crippen LogP contribution in [0.2, 0.25) is 0 Å². The molecule has 0 unspecified atom stereocenters. The number of para-hydroxylation sites is 1. The van der Waals surface area contributed by atoms with Crippen LogP contribution in [0.5, 0.6) is 0 Å². The Bertz CT molecular complexity index is 1200. The monoisotopic (exact) mass is 420 g/mol. The van der Waals surface area contributed by atoms with E-state index in [4.69, 9.17) is 0 Å². The van der Waals surface area contributed by atoms with E-state index in [1.54, 1.807) is 34.9 Å². The molecule has 152 valence electrons. The van der Waals surface area contributed by atoms with Crippen LogP contribution >= 0.6 is 11.8 Å². The van der Waals surface area contributed by atoms with Crippen LogP contribution in [0.3, 0.4) is 0 Å².